The van der Waals surface area contributed by atoms with Gasteiger partial charge in [0.15, 0.2) is 0 Å². The lowest BCUT2D eigenvalue weighted by Crippen LogP contribution is -2.33. The van der Waals surface area contributed by atoms with Gasteiger partial charge < -0.3 is 5.32 Å². The van der Waals surface area contributed by atoms with Crippen LogP contribution in [0.15, 0.2) is 35.6 Å². The smallest absolute Gasteiger partial charge is 0.229 e. The van der Waals surface area contributed by atoms with E-state index in [1.54, 1.807) is 0 Å². The Balaban J connectivity index is 2.71. The molecule has 0 radical (unpaired) electrons. The highest BCUT2D eigenvalue weighted by Crippen LogP contribution is 2.16. The van der Waals surface area contributed by atoms with E-state index < -0.39 is 0 Å². The molecule has 0 saturated carbocycles. The van der Waals surface area contributed by atoms with Crippen LogP contribution in [0.3, 0.4) is 0 Å². The predicted octanol–water partition coefficient (Wildman–Crippen LogP) is 2.55. The molecule has 2 nitrogen and oxygen atoms in total. The van der Waals surface area contributed by atoms with Gasteiger partial charge >= 0.3 is 0 Å². The van der Waals surface area contributed by atoms with Gasteiger partial charge in [-0.05, 0) is 12.5 Å². The number of nitrogens with one attached hydrogen (secondary N) is 1. The van der Waals surface area contributed by atoms with E-state index in [-0.39, 0.29) is 11.3 Å². The summed E-state index contributed by atoms with van der Waals surface area (Å²) in [6.45, 7) is 7.63. The summed E-state index contributed by atoms with van der Waals surface area (Å²) >= 11 is 0. The lowest BCUT2D eigenvalue weighted by atomic mass is 9.95. The first-order valence-corrected chi connectivity index (χ1v) is 4.78. The zero-order chi connectivity index (χ0) is 10.8. The molecule has 0 aromatic heterocycles. The highest BCUT2D eigenvalue weighted by atomic mass is 16.2. The summed E-state index contributed by atoms with van der Waals surface area (Å²) in [6.07, 6.45) is 7.89. The second-order valence-corrected chi connectivity index (χ2v) is 4.50. The molecule has 0 aliphatic heterocycles. The second kappa shape index (κ2) is 3.82. The number of hydrogen-bond acceptors (Lipinski definition) is 1. The number of carbonyl (C=O) groups excluding carboxylic acids is 1. The van der Waals surface area contributed by atoms with Crippen molar-refractivity contribution in [3.8, 4) is 0 Å². The summed E-state index contributed by atoms with van der Waals surface area (Å²) < 4.78 is 0. The van der Waals surface area contributed by atoms with E-state index in [4.69, 9.17) is 0 Å². The Morgan fingerprint density at radius 1 is 1.21 bits per heavy atom. The molecule has 0 aromatic carbocycles. The first-order valence-electron chi connectivity index (χ1n) is 4.78. The molecule has 14 heavy (non-hydrogen) atoms. The minimum Gasteiger partial charge on any atom is -0.329 e. The van der Waals surface area contributed by atoms with Crippen LogP contribution in [0.2, 0.25) is 0 Å². The van der Waals surface area contributed by atoms with Crippen LogP contribution in [-0.2, 0) is 4.79 Å². The Kier molecular flexibility index (Phi) is 2.94. The van der Waals surface area contributed by atoms with Crippen molar-refractivity contribution in [1.82, 2.24) is 5.32 Å². The fraction of sp³-hybridized carbons (Fsp3) is 0.417. The van der Waals surface area contributed by atoms with Gasteiger partial charge in [0, 0.05) is 11.1 Å². The van der Waals surface area contributed by atoms with Crippen LogP contribution < -0.4 is 5.32 Å². The van der Waals surface area contributed by atoms with Crippen molar-refractivity contribution in [2.75, 3.05) is 0 Å². The molecule has 0 spiro atoms. The average Bonchev–Trinajstić information content (AvgIpc) is 2.53. The van der Waals surface area contributed by atoms with E-state index >= 15 is 0 Å². The van der Waals surface area contributed by atoms with Gasteiger partial charge in [0.2, 0.25) is 5.91 Å². The molecular formula is C12H17NO. The van der Waals surface area contributed by atoms with Gasteiger partial charge in [0.05, 0.1) is 0 Å². The van der Waals surface area contributed by atoms with Crippen LogP contribution in [-0.4, -0.2) is 5.91 Å². The zero-order valence-corrected chi connectivity index (χ0v) is 9.22. The quantitative estimate of drug-likeness (QED) is 0.678. The van der Waals surface area contributed by atoms with Gasteiger partial charge in [-0.3, -0.25) is 4.79 Å². The summed E-state index contributed by atoms with van der Waals surface area (Å²) in [5.41, 5.74) is 1.64. The average molecular weight is 191 g/mol. The van der Waals surface area contributed by atoms with Gasteiger partial charge in [-0.2, -0.15) is 0 Å². The fourth-order valence-electron chi connectivity index (χ4n) is 1.05. The van der Waals surface area contributed by atoms with Crippen molar-refractivity contribution in [1.29, 1.82) is 0 Å². The zero-order valence-electron chi connectivity index (χ0n) is 9.22. The molecule has 0 saturated heterocycles. The van der Waals surface area contributed by atoms with Crippen molar-refractivity contribution in [3.63, 3.8) is 0 Å². The highest BCUT2D eigenvalue weighted by molar-refractivity contribution is 5.83. The summed E-state index contributed by atoms with van der Waals surface area (Å²) in [5, 5.41) is 2.90. The van der Waals surface area contributed by atoms with E-state index in [1.165, 1.54) is 0 Å². The molecule has 1 aliphatic carbocycles. The number of rotatable bonds is 1. The van der Waals surface area contributed by atoms with E-state index in [0.717, 1.165) is 11.3 Å². The number of allylic oxidation sites excluding steroid dienone is 6. The summed E-state index contributed by atoms with van der Waals surface area (Å²) in [7, 11) is 0. The number of amides is 1. The minimum absolute atomic E-state index is 0.0520. The van der Waals surface area contributed by atoms with E-state index in [9.17, 15) is 4.79 Å². The second-order valence-electron chi connectivity index (χ2n) is 4.50. The molecule has 0 atom stereocenters. The Hall–Kier alpha value is -1.31. The van der Waals surface area contributed by atoms with Gasteiger partial charge in [0.1, 0.15) is 0 Å². The normalized spacial score (nSPS) is 14.7. The molecule has 0 bridgehead atoms. The Morgan fingerprint density at radius 2 is 1.71 bits per heavy atom. The molecule has 0 unspecified atom stereocenters. The standard InChI is InChI=1S/C12H17NO/c1-9(10-7-5-6-8-10)13-11(14)12(2,3)4/h5-8H,1-4H3,(H,13,14). The monoisotopic (exact) mass is 191 g/mol. The molecule has 1 amide bonds. The van der Waals surface area contributed by atoms with Crippen molar-refractivity contribution >= 4 is 5.91 Å². The van der Waals surface area contributed by atoms with Crippen LogP contribution in [0, 0.1) is 5.41 Å². The summed E-state index contributed by atoms with van der Waals surface area (Å²) in [6, 6.07) is 0. The molecule has 0 fully saturated rings. The molecule has 0 aromatic rings. The fourth-order valence-corrected chi connectivity index (χ4v) is 1.05. The Labute approximate surface area is 85.4 Å². The van der Waals surface area contributed by atoms with Crippen molar-refractivity contribution in [3.05, 3.63) is 35.6 Å². The minimum atomic E-state index is -0.339. The number of hydrogen-bond donors (Lipinski definition) is 1. The van der Waals surface area contributed by atoms with Crippen LogP contribution in [0.1, 0.15) is 27.7 Å². The lowest BCUT2D eigenvalue weighted by molar-refractivity contribution is -0.127. The van der Waals surface area contributed by atoms with Crippen molar-refractivity contribution in [2.24, 2.45) is 5.41 Å². The Bertz CT molecular complexity index is 313. The van der Waals surface area contributed by atoms with Crippen LogP contribution in [0.5, 0.6) is 0 Å². The van der Waals surface area contributed by atoms with Crippen LogP contribution >= 0.6 is 0 Å². The lowest BCUT2D eigenvalue weighted by Gasteiger charge is -2.18. The van der Waals surface area contributed by atoms with Crippen LogP contribution in [0.4, 0.5) is 0 Å². The number of carbonyl (C=O) groups is 1. The van der Waals surface area contributed by atoms with Crippen molar-refractivity contribution < 1.29 is 4.79 Å². The SMILES string of the molecule is CC(NC(=O)C(C)(C)C)=C1C=CC=C1. The first-order chi connectivity index (χ1) is 6.41. The van der Waals surface area contributed by atoms with E-state index in [1.807, 2.05) is 52.0 Å². The topological polar surface area (TPSA) is 29.1 Å². The third-order valence-electron chi connectivity index (χ3n) is 2.08. The Morgan fingerprint density at radius 3 is 2.14 bits per heavy atom. The largest absolute Gasteiger partial charge is 0.329 e. The molecule has 1 rings (SSSR count). The molecular weight excluding hydrogens is 174 g/mol. The van der Waals surface area contributed by atoms with Gasteiger partial charge in [0.25, 0.3) is 0 Å². The van der Waals surface area contributed by atoms with Gasteiger partial charge in [-0.15, -0.1) is 0 Å². The summed E-state index contributed by atoms with van der Waals surface area (Å²) in [4.78, 5) is 11.6. The third kappa shape index (κ3) is 2.59. The maximum atomic E-state index is 11.6. The highest BCUT2D eigenvalue weighted by Gasteiger charge is 2.21. The van der Waals surface area contributed by atoms with Crippen LogP contribution in [0.25, 0.3) is 0 Å². The van der Waals surface area contributed by atoms with Gasteiger partial charge in [-0.25, -0.2) is 0 Å². The molecule has 76 valence electrons. The molecule has 0 heterocycles. The van der Waals surface area contributed by atoms with E-state index in [0.29, 0.717) is 0 Å². The van der Waals surface area contributed by atoms with Crippen molar-refractivity contribution in [2.45, 2.75) is 27.7 Å². The maximum Gasteiger partial charge on any atom is 0.229 e. The molecule has 1 N–H and O–H groups in total. The molecule has 2 heteroatoms. The van der Waals surface area contributed by atoms with Gasteiger partial charge in [-0.1, -0.05) is 45.1 Å². The maximum absolute atomic E-state index is 11.6. The summed E-state index contributed by atoms with van der Waals surface area (Å²) in [5.74, 6) is 0.0520. The first kappa shape index (κ1) is 10.8. The third-order valence-corrected chi connectivity index (χ3v) is 2.08. The van der Waals surface area contributed by atoms with E-state index in [2.05, 4.69) is 5.32 Å². The molecule has 1 aliphatic rings. The predicted molar refractivity (Wildman–Crippen MR) is 58.6 cm³/mol.